The number of carbonyl (C=O) groups excluding carboxylic acids is 1. The van der Waals surface area contributed by atoms with Crippen LogP contribution in [0.3, 0.4) is 0 Å². The first-order valence-corrected chi connectivity index (χ1v) is 9.70. The zero-order chi connectivity index (χ0) is 20.3. The third kappa shape index (κ3) is 4.08. The van der Waals surface area contributed by atoms with E-state index in [1.54, 1.807) is 12.1 Å². The van der Waals surface area contributed by atoms with Gasteiger partial charge in [0.25, 0.3) is 15.9 Å². The van der Waals surface area contributed by atoms with Gasteiger partial charge in [0, 0.05) is 5.56 Å². The largest absolute Gasteiger partial charge is 0.273 e. The third-order valence-electron chi connectivity index (χ3n) is 4.04. The molecule has 0 radical (unpaired) electrons. The Labute approximate surface area is 161 Å². The van der Waals surface area contributed by atoms with E-state index in [1.165, 1.54) is 61.5 Å². The molecule has 0 saturated heterocycles. The lowest BCUT2D eigenvalue weighted by atomic mass is 9.99. The summed E-state index contributed by atoms with van der Waals surface area (Å²) < 4.78 is 52.9. The molecular formula is C20H16F2N2O3S. The Morgan fingerprint density at radius 2 is 1.57 bits per heavy atom. The molecule has 8 heteroatoms. The average molecular weight is 402 g/mol. The van der Waals surface area contributed by atoms with Gasteiger partial charge < -0.3 is 0 Å². The van der Waals surface area contributed by atoms with Crippen LogP contribution in [0.15, 0.2) is 71.6 Å². The highest BCUT2D eigenvalue weighted by Crippen LogP contribution is 2.27. The molecule has 1 amide bonds. The Kier molecular flexibility index (Phi) is 5.53. The van der Waals surface area contributed by atoms with E-state index in [9.17, 15) is 22.0 Å². The molecule has 2 N–H and O–H groups in total. The van der Waals surface area contributed by atoms with Gasteiger partial charge in [0.1, 0.15) is 11.6 Å². The summed E-state index contributed by atoms with van der Waals surface area (Å²) in [5.41, 5.74) is 2.20. The van der Waals surface area contributed by atoms with E-state index in [1.807, 2.05) is 10.3 Å². The van der Waals surface area contributed by atoms with Gasteiger partial charge in [-0.25, -0.2) is 17.2 Å². The van der Waals surface area contributed by atoms with Gasteiger partial charge in [0.15, 0.2) is 0 Å². The third-order valence-corrected chi connectivity index (χ3v) is 5.30. The first kappa shape index (κ1) is 19.7. The SMILES string of the molecule is Cc1cc(-c2ccccc2F)cc(C(=O)NNS(=O)(=O)c2ccccc2)c1F. The van der Waals surface area contributed by atoms with Crippen LogP contribution in [0.2, 0.25) is 0 Å². The summed E-state index contributed by atoms with van der Waals surface area (Å²) in [5, 5.41) is 0. The Hall–Kier alpha value is -3.10. The average Bonchev–Trinajstić information content (AvgIpc) is 2.69. The van der Waals surface area contributed by atoms with Gasteiger partial charge in [0.2, 0.25) is 0 Å². The number of benzene rings is 3. The molecule has 3 rings (SSSR count). The molecule has 0 unspecified atom stereocenters. The van der Waals surface area contributed by atoms with Crippen molar-refractivity contribution in [2.75, 3.05) is 0 Å². The van der Waals surface area contributed by atoms with Crippen molar-refractivity contribution in [3.05, 3.63) is 89.5 Å². The number of rotatable bonds is 5. The molecule has 144 valence electrons. The van der Waals surface area contributed by atoms with Crippen LogP contribution in [-0.2, 0) is 10.0 Å². The van der Waals surface area contributed by atoms with Gasteiger partial charge in [-0.3, -0.25) is 10.2 Å². The van der Waals surface area contributed by atoms with Crippen LogP contribution in [0.4, 0.5) is 8.78 Å². The quantitative estimate of drug-likeness (QED) is 0.641. The van der Waals surface area contributed by atoms with Crippen LogP contribution < -0.4 is 10.3 Å². The fourth-order valence-electron chi connectivity index (χ4n) is 2.63. The minimum atomic E-state index is -4.02. The van der Waals surface area contributed by atoms with Gasteiger partial charge in [-0.15, -0.1) is 4.83 Å². The van der Waals surface area contributed by atoms with E-state index < -0.39 is 33.1 Å². The molecule has 0 aliphatic carbocycles. The second-order valence-corrected chi connectivity index (χ2v) is 7.69. The summed E-state index contributed by atoms with van der Waals surface area (Å²) in [5.74, 6) is -2.35. The van der Waals surface area contributed by atoms with E-state index in [4.69, 9.17) is 0 Å². The van der Waals surface area contributed by atoms with E-state index in [0.29, 0.717) is 5.56 Å². The molecule has 3 aromatic rings. The van der Waals surface area contributed by atoms with E-state index in [0.717, 1.165) is 0 Å². The molecule has 0 aliphatic heterocycles. The molecule has 3 aromatic carbocycles. The van der Waals surface area contributed by atoms with E-state index in [2.05, 4.69) is 0 Å². The maximum absolute atomic E-state index is 14.5. The van der Waals surface area contributed by atoms with Gasteiger partial charge in [-0.2, -0.15) is 0 Å². The number of hydrazine groups is 1. The fourth-order valence-corrected chi connectivity index (χ4v) is 3.49. The maximum Gasteiger partial charge on any atom is 0.269 e. The first-order valence-electron chi connectivity index (χ1n) is 8.22. The van der Waals surface area contributed by atoms with E-state index >= 15 is 0 Å². The molecule has 0 spiro atoms. The lowest BCUT2D eigenvalue weighted by Gasteiger charge is -2.12. The smallest absolute Gasteiger partial charge is 0.269 e. The zero-order valence-corrected chi connectivity index (χ0v) is 15.6. The van der Waals surface area contributed by atoms with E-state index in [-0.39, 0.29) is 16.0 Å². The number of aryl methyl sites for hydroxylation is 1. The molecule has 0 heterocycles. The molecule has 0 bridgehead atoms. The summed E-state index contributed by atoms with van der Waals surface area (Å²) in [6, 6.07) is 15.9. The number of hydrogen-bond acceptors (Lipinski definition) is 3. The summed E-state index contributed by atoms with van der Waals surface area (Å²) >= 11 is 0. The molecule has 0 aliphatic rings. The highest BCUT2D eigenvalue weighted by Gasteiger charge is 2.20. The molecular weight excluding hydrogens is 386 g/mol. The standard InChI is InChI=1S/C20H16F2N2O3S/c1-13-11-14(16-9-5-6-10-18(16)21)12-17(19(13)22)20(25)23-24-28(26,27)15-7-3-2-4-8-15/h2-12,24H,1H3,(H,23,25). The molecule has 5 nitrogen and oxygen atoms in total. The van der Waals surface area contributed by atoms with Crippen molar-refractivity contribution in [3.8, 4) is 11.1 Å². The Bertz CT molecular complexity index is 1130. The lowest BCUT2D eigenvalue weighted by Crippen LogP contribution is -2.41. The van der Waals surface area contributed by atoms with Crippen molar-refractivity contribution in [1.29, 1.82) is 0 Å². The van der Waals surface area contributed by atoms with Crippen molar-refractivity contribution >= 4 is 15.9 Å². The molecule has 0 aromatic heterocycles. The van der Waals surface area contributed by atoms with Gasteiger partial charge in [-0.05, 0) is 48.4 Å². The summed E-state index contributed by atoms with van der Waals surface area (Å²) in [6.07, 6.45) is 0. The fraction of sp³-hybridized carbons (Fsp3) is 0.0500. The number of amides is 1. The highest BCUT2D eigenvalue weighted by molar-refractivity contribution is 7.89. The lowest BCUT2D eigenvalue weighted by molar-refractivity contribution is 0.0941. The number of halogens is 2. The predicted octanol–water partition coefficient (Wildman–Crippen LogP) is 3.56. The Morgan fingerprint density at radius 3 is 2.25 bits per heavy atom. The number of nitrogens with one attached hydrogen (secondary N) is 2. The van der Waals surface area contributed by atoms with Crippen molar-refractivity contribution in [2.45, 2.75) is 11.8 Å². The highest BCUT2D eigenvalue weighted by atomic mass is 32.2. The molecule has 0 atom stereocenters. The topological polar surface area (TPSA) is 75.3 Å². The summed E-state index contributed by atoms with van der Waals surface area (Å²) in [4.78, 5) is 14.3. The van der Waals surface area contributed by atoms with Crippen molar-refractivity contribution < 1.29 is 22.0 Å². The summed E-state index contributed by atoms with van der Waals surface area (Å²) in [7, 11) is -4.02. The van der Waals surface area contributed by atoms with Gasteiger partial charge >= 0.3 is 0 Å². The van der Waals surface area contributed by atoms with Crippen LogP contribution in [-0.4, -0.2) is 14.3 Å². The minimum Gasteiger partial charge on any atom is -0.273 e. The molecule has 28 heavy (non-hydrogen) atoms. The zero-order valence-electron chi connectivity index (χ0n) is 14.7. The second kappa shape index (κ2) is 7.87. The van der Waals surface area contributed by atoms with Crippen LogP contribution in [0.25, 0.3) is 11.1 Å². The monoisotopic (exact) mass is 402 g/mol. The van der Waals surface area contributed by atoms with Crippen LogP contribution >= 0.6 is 0 Å². The number of carbonyl (C=O) groups is 1. The Balaban J connectivity index is 1.89. The Morgan fingerprint density at radius 1 is 0.929 bits per heavy atom. The summed E-state index contributed by atoms with van der Waals surface area (Å²) in [6.45, 7) is 1.44. The number of hydrogen-bond donors (Lipinski definition) is 2. The van der Waals surface area contributed by atoms with Crippen molar-refractivity contribution in [3.63, 3.8) is 0 Å². The van der Waals surface area contributed by atoms with Gasteiger partial charge in [0.05, 0.1) is 10.5 Å². The number of sulfonamides is 1. The van der Waals surface area contributed by atoms with Crippen molar-refractivity contribution in [1.82, 2.24) is 10.3 Å². The van der Waals surface area contributed by atoms with Gasteiger partial charge in [-0.1, -0.05) is 36.4 Å². The van der Waals surface area contributed by atoms with Crippen LogP contribution in [0.5, 0.6) is 0 Å². The van der Waals surface area contributed by atoms with Crippen molar-refractivity contribution in [2.24, 2.45) is 0 Å². The minimum absolute atomic E-state index is 0.0629. The second-order valence-electron chi connectivity index (χ2n) is 6.01. The maximum atomic E-state index is 14.5. The first-order chi connectivity index (χ1) is 13.3. The molecule has 0 fully saturated rings. The van der Waals surface area contributed by atoms with Crippen LogP contribution in [0.1, 0.15) is 15.9 Å². The predicted molar refractivity (Wildman–Crippen MR) is 101 cm³/mol. The normalized spacial score (nSPS) is 11.2. The van der Waals surface area contributed by atoms with Crippen LogP contribution in [0, 0.1) is 18.6 Å². The molecule has 0 saturated carbocycles.